The summed E-state index contributed by atoms with van der Waals surface area (Å²) in [6.07, 6.45) is 0. The van der Waals surface area contributed by atoms with E-state index in [4.69, 9.17) is 9.47 Å². The molecule has 3 aliphatic rings. The number of ether oxygens (including phenoxy) is 2. The fourth-order valence-corrected chi connectivity index (χ4v) is 4.89. The summed E-state index contributed by atoms with van der Waals surface area (Å²) < 4.78 is 11.9. The van der Waals surface area contributed by atoms with Crippen molar-refractivity contribution in [2.75, 3.05) is 0 Å². The summed E-state index contributed by atoms with van der Waals surface area (Å²) in [4.78, 5) is 13.0. The summed E-state index contributed by atoms with van der Waals surface area (Å²) in [5.74, 6) is -0.242. The molecule has 1 spiro atoms. The van der Waals surface area contributed by atoms with Crippen LogP contribution < -0.4 is 0 Å². The number of carbonyl (C=O) groups excluding carboxylic acids is 1. The Hall–Kier alpha value is -2.91. The number of hydrogen-bond donors (Lipinski definition) is 0. The van der Waals surface area contributed by atoms with Gasteiger partial charge in [0.25, 0.3) is 0 Å². The van der Waals surface area contributed by atoms with Gasteiger partial charge in [0.05, 0.1) is 18.8 Å². The quantitative estimate of drug-likeness (QED) is 0.567. The minimum Gasteiger partial charge on any atom is -0.441 e. The lowest BCUT2D eigenvalue weighted by molar-refractivity contribution is 0.0263. The highest BCUT2D eigenvalue weighted by Crippen LogP contribution is 2.57. The Labute approximate surface area is 151 Å². The van der Waals surface area contributed by atoms with E-state index in [9.17, 15) is 4.79 Å². The van der Waals surface area contributed by atoms with Gasteiger partial charge in [-0.3, -0.25) is 0 Å². The summed E-state index contributed by atoms with van der Waals surface area (Å²) >= 11 is 0. The molecule has 1 aliphatic carbocycles. The molecule has 126 valence electrons. The first-order valence-corrected chi connectivity index (χ1v) is 8.88. The molecule has 3 nitrogen and oxygen atoms in total. The third-order valence-corrected chi connectivity index (χ3v) is 6.00. The third kappa shape index (κ3) is 1.47. The highest BCUT2D eigenvalue weighted by atomic mass is 16.6. The number of esters is 1. The second kappa shape index (κ2) is 4.63. The minimum absolute atomic E-state index is 0.242. The Morgan fingerprint density at radius 1 is 0.846 bits per heavy atom. The lowest BCUT2D eigenvalue weighted by atomic mass is 9.81. The zero-order valence-electron chi connectivity index (χ0n) is 14.3. The molecule has 6 rings (SSSR count). The molecular formula is C23H16O3. The van der Waals surface area contributed by atoms with Gasteiger partial charge in [0.2, 0.25) is 0 Å². The van der Waals surface area contributed by atoms with Crippen LogP contribution in [0.1, 0.15) is 43.7 Å². The van der Waals surface area contributed by atoms with E-state index >= 15 is 0 Å². The van der Waals surface area contributed by atoms with E-state index in [0.29, 0.717) is 18.8 Å². The molecule has 3 aromatic rings. The SMILES string of the molecule is Cc1cc2c(c3c1COC3)C(=O)OC21c2ccccc2-c2ccccc21. The van der Waals surface area contributed by atoms with Gasteiger partial charge in [-0.05, 0) is 34.7 Å². The van der Waals surface area contributed by atoms with Crippen molar-refractivity contribution in [3.05, 3.63) is 93.5 Å². The van der Waals surface area contributed by atoms with Crippen LogP contribution in [0.5, 0.6) is 0 Å². The van der Waals surface area contributed by atoms with Crippen molar-refractivity contribution in [3.8, 4) is 11.1 Å². The monoisotopic (exact) mass is 340 g/mol. The summed E-state index contributed by atoms with van der Waals surface area (Å²) in [7, 11) is 0. The van der Waals surface area contributed by atoms with Gasteiger partial charge in [-0.15, -0.1) is 0 Å². The first kappa shape index (κ1) is 14.3. The normalized spacial score (nSPS) is 17.7. The van der Waals surface area contributed by atoms with Crippen LogP contribution in [-0.2, 0) is 28.3 Å². The Kier molecular flexibility index (Phi) is 2.54. The van der Waals surface area contributed by atoms with Gasteiger partial charge >= 0.3 is 5.97 Å². The zero-order valence-corrected chi connectivity index (χ0v) is 14.3. The standard InChI is InChI=1S/C23H16O3/c1-13-10-20-21(17-12-25-11-16(13)17)22(24)26-23(20)18-8-4-2-6-14(18)15-7-3-5-9-19(15)23/h2-10H,11-12H2,1H3. The molecule has 2 aliphatic heterocycles. The van der Waals surface area contributed by atoms with E-state index in [1.165, 1.54) is 0 Å². The van der Waals surface area contributed by atoms with E-state index < -0.39 is 5.60 Å². The highest BCUT2D eigenvalue weighted by molar-refractivity contribution is 6.01. The molecule has 26 heavy (non-hydrogen) atoms. The Balaban J connectivity index is 1.77. The summed E-state index contributed by atoms with van der Waals surface area (Å²) in [6, 6.07) is 18.6. The topological polar surface area (TPSA) is 35.5 Å². The maximum atomic E-state index is 13.0. The van der Waals surface area contributed by atoms with Crippen LogP contribution in [0.25, 0.3) is 11.1 Å². The fraction of sp³-hybridized carbons (Fsp3) is 0.174. The van der Waals surface area contributed by atoms with Gasteiger partial charge in [0.15, 0.2) is 5.60 Å². The molecule has 0 saturated carbocycles. The zero-order chi connectivity index (χ0) is 17.5. The van der Waals surface area contributed by atoms with E-state index in [2.05, 4.69) is 37.3 Å². The molecule has 0 unspecified atom stereocenters. The lowest BCUT2D eigenvalue weighted by Crippen LogP contribution is -2.26. The molecule has 0 amide bonds. The maximum absolute atomic E-state index is 13.0. The van der Waals surface area contributed by atoms with Crippen molar-refractivity contribution in [1.29, 1.82) is 0 Å². The fourth-order valence-electron chi connectivity index (χ4n) is 4.89. The van der Waals surface area contributed by atoms with E-state index in [1.54, 1.807) is 0 Å². The second-order valence-electron chi connectivity index (χ2n) is 7.23. The van der Waals surface area contributed by atoms with Crippen LogP contribution in [0.4, 0.5) is 0 Å². The van der Waals surface area contributed by atoms with E-state index in [-0.39, 0.29) is 5.97 Å². The van der Waals surface area contributed by atoms with E-state index in [1.807, 2.05) is 24.3 Å². The molecular weight excluding hydrogens is 324 g/mol. The third-order valence-electron chi connectivity index (χ3n) is 6.00. The van der Waals surface area contributed by atoms with Crippen LogP contribution in [0.15, 0.2) is 54.6 Å². The molecule has 0 atom stereocenters. The summed E-state index contributed by atoms with van der Waals surface area (Å²) in [5, 5.41) is 0. The molecule has 0 bridgehead atoms. The number of rotatable bonds is 0. The number of benzene rings is 3. The van der Waals surface area contributed by atoms with Crippen molar-refractivity contribution < 1.29 is 14.3 Å². The molecule has 0 fully saturated rings. The average Bonchev–Trinajstić information content (AvgIpc) is 3.32. The first-order chi connectivity index (χ1) is 12.7. The average molecular weight is 340 g/mol. The predicted octanol–water partition coefficient (Wildman–Crippen LogP) is 4.47. The van der Waals surface area contributed by atoms with Crippen LogP contribution >= 0.6 is 0 Å². The van der Waals surface area contributed by atoms with Crippen molar-refractivity contribution in [2.45, 2.75) is 25.7 Å². The first-order valence-electron chi connectivity index (χ1n) is 8.88. The summed E-state index contributed by atoms with van der Waals surface area (Å²) in [5.41, 5.74) is 8.49. The molecule has 2 heterocycles. The van der Waals surface area contributed by atoms with Gasteiger partial charge in [0, 0.05) is 16.7 Å². The molecule has 0 saturated heterocycles. The number of hydrogen-bond acceptors (Lipinski definition) is 3. The van der Waals surface area contributed by atoms with Crippen LogP contribution in [0.2, 0.25) is 0 Å². The van der Waals surface area contributed by atoms with Crippen molar-refractivity contribution in [1.82, 2.24) is 0 Å². The summed E-state index contributed by atoms with van der Waals surface area (Å²) in [6.45, 7) is 3.15. The lowest BCUT2D eigenvalue weighted by Gasteiger charge is -2.27. The van der Waals surface area contributed by atoms with Crippen molar-refractivity contribution >= 4 is 5.97 Å². The van der Waals surface area contributed by atoms with Crippen LogP contribution in [-0.4, -0.2) is 5.97 Å². The van der Waals surface area contributed by atoms with Crippen LogP contribution in [0, 0.1) is 6.92 Å². The van der Waals surface area contributed by atoms with Gasteiger partial charge in [0.1, 0.15) is 0 Å². The van der Waals surface area contributed by atoms with Gasteiger partial charge in [-0.1, -0.05) is 54.6 Å². The minimum atomic E-state index is -0.845. The predicted molar refractivity (Wildman–Crippen MR) is 96.8 cm³/mol. The number of aryl methyl sites for hydroxylation is 1. The molecule has 3 heteroatoms. The highest BCUT2D eigenvalue weighted by Gasteiger charge is 2.55. The Bertz CT molecular complexity index is 1080. The van der Waals surface area contributed by atoms with Gasteiger partial charge in [-0.25, -0.2) is 4.79 Å². The Morgan fingerprint density at radius 3 is 2.15 bits per heavy atom. The van der Waals surface area contributed by atoms with Crippen LogP contribution in [0.3, 0.4) is 0 Å². The van der Waals surface area contributed by atoms with E-state index in [0.717, 1.165) is 44.5 Å². The Morgan fingerprint density at radius 2 is 1.46 bits per heavy atom. The molecule has 0 radical (unpaired) electrons. The second-order valence-corrected chi connectivity index (χ2v) is 7.23. The smallest absolute Gasteiger partial charge is 0.340 e. The number of carbonyl (C=O) groups is 1. The van der Waals surface area contributed by atoms with Crippen molar-refractivity contribution in [3.63, 3.8) is 0 Å². The van der Waals surface area contributed by atoms with Gasteiger partial charge in [-0.2, -0.15) is 0 Å². The molecule has 0 aromatic heterocycles. The maximum Gasteiger partial charge on any atom is 0.340 e. The molecule has 0 N–H and O–H groups in total. The number of fused-ring (bicyclic) bond motifs is 9. The largest absolute Gasteiger partial charge is 0.441 e. The van der Waals surface area contributed by atoms with Gasteiger partial charge < -0.3 is 9.47 Å². The molecule has 3 aromatic carbocycles. The van der Waals surface area contributed by atoms with Crippen molar-refractivity contribution in [2.24, 2.45) is 0 Å².